The number of fused-ring (bicyclic) bond motifs is 1. The number of thiazole rings is 1. The van der Waals surface area contributed by atoms with Crippen LogP contribution in [0, 0.1) is 18.3 Å². The van der Waals surface area contributed by atoms with E-state index in [4.69, 9.17) is 0 Å². The summed E-state index contributed by atoms with van der Waals surface area (Å²) in [5, 5.41) is 15.3. The fourth-order valence-electron chi connectivity index (χ4n) is 2.36. The summed E-state index contributed by atoms with van der Waals surface area (Å²) in [5.41, 5.74) is 3.68. The van der Waals surface area contributed by atoms with Crippen molar-refractivity contribution in [2.75, 3.05) is 11.9 Å². The van der Waals surface area contributed by atoms with Gasteiger partial charge in [0.2, 0.25) is 0 Å². The van der Waals surface area contributed by atoms with Crippen LogP contribution in [0.5, 0.6) is 0 Å². The first-order valence-corrected chi connectivity index (χ1v) is 8.25. The molecule has 0 aliphatic rings. The Hall–Kier alpha value is -2.98. The smallest absolute Gasteiger partial charge is 0.321 e. The van der Waals surface area contributed by atoms with Gasteiger partial charge < -0.3 is 5.32 Å². The van der Waals surface area contributed by atoms with Crippen LogP contribution in [0.25, 0.3) is 21.5 Å². The van der Waals surface area contributed by atoms with Crippen LogP contribution in [0.2, 0.25) is 0 Å². The third-order valence-corrected chi connectivity index (χ3v) is 4.39. The second-order valence-electron chi connectivity index (χ2n) is 5.18. The Kier molecular flexibility index (Phi) is 4.40. The number of benzene rings is 1. The number of amides is 2. The molecule has 3 rings (SSSR count). The van der Waals surface area contributed by atoms with Crippen LogP contribution in [0.1, 0.15) is 18.1 Å². The number of carbonyl (C=O) groups excluding carboxylic acids is 1. The average Bonchev–Trinajstić information content (AvgIpc) is 2.97. The monoisotopic (exact) mass is 337 g/mol. The minimum absolute atomic E-state index is 0.288. The molecule has 0 spiro atoms. The molecule has 120 valence electrons. The Morgan fingerprint density at radius 2 is 2.25 bits per heavy atom. The molecule has 0 fully saturated rings. The zero-order valence-electron chi connectivity index (χ0n) is 13.3. The molecule has 0 atom stereocenters. The van der Waals surface area contributed by atoms with Gasteiger partial charge in [0.05, 0.1) is 21.5 Å². The van der Waals surface area contributed by atoms with Gasteiger partial charge in [-0.05, 0) is 31.5 Å². The van der Waals surface area contributed by atoms with Crippen molar-refractivity contribution in [2.24, 2.45) is 0 Å². The predicted octanol–water partition coefficient (Wildman–Crippen LogP) is 3.68. The van der Waals surface area contributed by atoms with E-state index in [1.54, 1.807) is 6.20 Å². The van der Waals surface area contributed by atoms with E-state index in [1.165, 1.54) is 11.3 Å². The summed E-state index contributed by atoms with van der Waals surface area (Å²) < 4.78 is 0.886. The second-order valence-corrected chi connectivity index (χ2v) is 6.18. The molecule has 0 aliphatic heterocycles. The fourth-order valence-corrected chi connectivity index (χ4v) is 3.33. The third kappa shape index (κ3) is 3.05. The Morgan fingerprint density at radius 3 is 3.00 bits per heavy atom. The standard InChI is InChI=1S/C17H15N5OS/c1-3-19-16(23)22-17-21-13-6-4-5-12(15(13)24-17)14-11(8-18)7-10(2)9-20-14/h4-7,9H,3H2,1-2H3,(H2,19,21,22,23). The summed E-state index contributed by atoms with van der Waals surface area (Å²) in [6, 6.07) is 9.38. The summed E-state index contributed by atoms with van der Waals surface area (Å²) in [4.78, 5) is 20.5. The number of carbonyl (C=O) groups is 1. The summed E-state index contributed by atoms with van der Waals surface area (Å²) in [5.74, 6) is 0. The van der Waals surface area contributed by atoms with Crippen LogP contribution in [0.3, 0.4) is 0 Å². The van der Waals surface area contributed by atoms with E-state index in [0.29, 0.717) is 22.9 Å². The van der Waals surface area contributed by atoms with Crippen molar-refractivity contribution in [2.45, 2.75) is 13.8 Å². The number of aryl methyl sites for hydroxylation is 1. The maximum atomic E-state index is 11.7. The topological polar surface area (TPSA) is 90.7 Å². The van der Waals surface area contributed by atoms with Crippen LogP contribution in [0.15, 0.2) is 30.5 Å². The molecule has 6 nitrogen and oxygen atoms in total. The van der Waals surface area contributed by atoms with Gasteiger partial charge in [0.15, 0.2) is 5.13 Å². The van der Waals surface area contributed by atoms with Gasteiger partial charge in [-0.25, -0.2) is 9.78 Å². The minimum atomic E-state index is -0.288. The van der Waals surface area contributed by atoms with Crippen LogP contribution in [-0.2, 0) is 0 Å². The molecule has 0 saturated heterocycles. The number of aromatic nitrogens is 2. The lowest BCUT2D eigenvalue weighted by molar-refractivity contribution is 0.252. The van der Waals surface area contributed by atoms with E-state index in [-0.39, 0.29) is 6.03 Å². The Morgan fingerprint density at radius 1 is 1.42 bits per heavy atom. The molecule has 1 aromatic carbocycles. The van der Waals surface area contributed by atoms with Gasteiger partial charge in [-0.2, -0.15) is 5.26 Å². The van der Waals surface area contributed by atoms with Gasteiger partial charge in [0.1, 0.15) is 6.07 Å². The van der Waals surface area contributed by atoms with Gasteiger partial charge in [-0.15, -0.1) is 0 Å². The average molecular weight is 337 g/mol. The summed E-state index contributed by atoms with van der Waals surface area (Å²) in [6.45, 7) is 4.29. The number of anilines is 1. The highest BCUT2D eigenvalue weighted by Gasteiger charge is 2.14. The zero-order chi connectivity index (χ0) is 17.1. The molecule has 3 aromatic rings. The predicted molar refractivity (Wildman–Crippen MR) is 95.0 cm³/mol. The highest BCUT2D eigenvalue weighted by atomic mass is 32.1. The van der Waals surface area contributed by atoms with Gasteiger partial charge in [-0.3, -0.25) is 10.3 Å². The lowest BCUT2D eigenvalue weighted by Crippen LogP contribution is -2.28. The largest absolute Gasteiger partial charge is 0.338 e. The van der Waals surface area contributed by atoms with Crippen LogP contribution < -0.4 is 10.6 Å². The molecule has 24 heavy (non-hydrogen) atoms. The number of nitrogens with zero attached hydrogens (tertiary/aromatic N) is 3. The first kappa shape index (κ1) is 15.9. The number of nitrogens with one attached hydrogen (secondary N) is 2. The van der Waals surface area contributed by atoms with Gasteiger partial charge in [-0.1, -0.05) is 23.5 Å². The van der Waals surface area contributed by atoms with Crippen LogP contribution >= 0.6 is 11.3 Å². The number of pyridine rings is 1. The van der Waals surface area contributed by atoms with Gasteiger partial charge >= 0.3 is 6.03 Å². The van der Waals surface area contributed by atoms with E-state index < -0.39 is 0 Å². The lowest BCUT2D eigenvalue weighted by atomic mass is 10.0. The summed E-state index contributed by atoms with van der Waals surface area (Å²) in [6.07, 6.45) is 1.74. The third-order valence-electron chi connectivity index (χ3n) is 3.37. The van der Waals surface area contributed by atoms with Crippen molar-refractivity contribution in [1.82, 2.24) is 15.3 Å². The summed E-state index contributed by atoms with van der Waals surface area (Å²) >= 11 is 1.36. The number of rotatable bonds is 3. The number of urea groups is 1. The molecule has 0 radical (unpaired) electrons. The molecular weight excluding hydrogens is 322 g/mol. The molecule has 2 aromatic heterocycles. The maximum absolute atomic E-state index is 11.7. The van der Waals surface area contributed by atoms with Crippen molar-refractivity contribution < 1.29 is 4.79 Å². The Bertz CT molecular complexity index is 957. The normalized spacial score (nSPS) is 10.4. The van der Waals surface area contributed by atoms with E-state index in [2.05, 4.69) is 26.7 Å². The molecule has 0 bridgehead atoms. The SMILES string of the molecule is CCNC(=O)Nc1nc2cccc(-c3ncc(C)cc3C#N)c2s1. The van der Waals surface area contributed by atoms with E-state index in [0.717, 1.165) is 21.3 Å². The first-order chi connectivity index (χ1) is 11.6. The van der Waals surface area contributed by atoms with E-state index >= 15 is 0 Å². The van der Waals surface area contributed by atoms with Crippen molar-refractivity contribution in [1.29, 1.82) is 5.26 Å². The highest BCUT2D eigenvalue weighted by molar-refractivity contribution is 7.22. The minimum Gasteiger partial charge on any atom is -0.338 e. The molecular formula is C17H15N5OS. The number of hydrogen-bond donors (Lipinski definition) is 2. The fraction of sp³-hybridized carbons (Fsp3) is 0.176. The van der Waals surface area contributed by atoms with Crippen molar-refractivity contribution >= 4 is 32.7 Å². The Labute approximate surface area is 143 Å². The van der Waals surface area contributed by atoms with Crippen LogP contribution in [-0.4, -0.2) is 22.5 Å². The molecule has 2 amide bonds. The van der Waals surface area contributed by atoms with Crippen molar-refractivity contribution in [3.8, 4) is 17.3 Å². The van der Waals surface area contributed by atoms with E-state index in [1.807, 2.05) is 38.1 Å². The molecule has 2 N–H and O–H groups in total. The molecule has 2 heterocycles. The van der Waals surface area contributed by atoms with Gasteiger partial charge in [0, 0.05) is 18.3 Å². The summed E-state index contributed by atoms with van der Waals surface area (Å²) in [7, 11) is 0. The number of nitriles is 1. The molecule has 0 aliphatic carbocycles. The maximum Gasteiger partial charge on any atom is 0.321 e. The van der Waals surface area contributed by atoms with Crippen molar-refractivity contribution in [3.05, 3.63) is 41.6 Å². The quantitative estimate of drug-likeness (QED) is 0.763. The molecule has 0 saturated carbocycles. The van der Waals surface area contributed by atoms with E-state index in [9.17, 15) is 10.1 Å². The highest BCUT2D eigenvalue weighted by Crippen LogP contribution is 2.35. The van der Waals surface area contributed by atoms with Crippen molar-refractivity contribution in [3.63, 3.8) is 0 Å². The second kappa shape index (κ2) is 6.64. The molecule has 0 unspecified atom stereocenters. The Balaban J connectivity index is 2.08. The van der Waals surface area contributed by atoms with Crippen LogP contribution in [0.4, 0.5) is 9.93 Å². The van der Waals surface area contributed by atoms with Gasteiger partial charge in [0.25, 0.3) is 0 Å². The molecule has 7 heteroatoms. The lowest BCUT2D eigenvalue weighted by Gasteiger charge is -2.05. The first-order valence-electron chi connectivity index (χ1n) is 7.44. The number of hydrogen-bond acceptors (Lipinski definition) is 5. The zero-order valence-corrected chi connectivity index (χ0v) is 14.1.